The second-order valence-electron chi connectivity index (χ2n) is 4.74. The first-order valence-electron chi connectivity index (χ1n) is 6.32. The Labute approximate surface area is 98.7 Å². The molecule has 0 aromatic heterocycles. The number of rotatable bonds is 0. The van der Waals surface area contributed by atoms with E-state index in [1.54, 1.807) is 0 Å². The summed E-state index contributed by atoms with van der Waals surface area (Å²) < 4.78 is 0. The number of nitrogens with one attached hydrogen (secondary N) is 1. The van der Waals surface area contributed by atoms with Crippen molar-refractivity contribution in [1.82, 2.24) is 10.2 Å². The third-order valence-corrected chi connectivity index (χ3v) is 3.27. The molecule has 0 saturated heterocycles. The van der Waals surface area contributed by atoms with Gasteiger partial charge in [-0.3, -0.25) is 0 Å². The van der Waals surface area contributed by atoms with Crippen molar-refractivity contribution >= 4 is 0 Å². The fourth-order valence-electron chi connectivity index (χ4n) is 2.29. The normalized spacial score (nSPS) is 19.8. The fraction of sp³-hybridized carbons (Fsp3) is 0.571. The summed E-state index contributed by atoms with van der Waals surface area (Å²) in [5.74, 6) is 0. The van der Waals surface area contributed by atoms with Crippen LogP contribution in [-0.2, 0) is 13.1 Å². The molecule has 0 bridgehead atoms. The van der Waals surface area contributed by atoms with Gasteiger partial charge < -0.3 is 10.2 Å². The average Bonchev–Trinajstić information content (AvgIpc) is 2.33. The van der Waals surface area contributed by atoms with Gasteiger partial charge in [0.25, 0.3) is 0 Å². The SMILES string of the molecule is CN1CCCCCNCc2ccccc2C1. The first-order chi connectivity index (χ1) is 7.86. The molecular formula is C14H22N2. The Bertz CT molecular complexity index is 322. The van der Waals surface area contributed by atoms with Crippen LogP contribution in [-0.4, -0.2) is 25.0 Å². The molecule has 1 N–H and O–H groups in total. The smallest absolute Gasteiger partial charge is 0.0233 e. The maximum absolute atomic E-state index is 3.54. The van der Waals surface area contributed by atoms with Gasteiger partial charge in [-0.15, -0.1) is 0 Å². The Morgan fingerprint density at radius 1 is 1.06 bits per heavy atom. The Morgan fingerprint density at radius 2 is 1.88 bits per heavy atom. The molecule has 1 heterocycles. The molecule has 1 aliphatic heterocycles. The summed E-state index contributed by atoms with van der Waals surface area (Å²) in [5, 5.41) is 3.54. The van der Waals surface area contributed by atoms with Crippen LogP contribution >= 0.6 is 0 Å². The molecule has 0 amide bonds. The molecule has 0 aliphatic carbocycles. The molecule has 1 aromatic rings. The van der Waals surface area contributed by atoms with E-state index in [4.69, 9.17) is 0 Å². The van der Waals surface area contributed by atoms with Gasteiger partial charge in [0.2, 0.25) is 0 Å². The lowest BCUT2D eigenvalue weighted by atomic mass is 10.1. The van der Waals surface area contributed by atoms with Crippen LogP contribution in [0.25, 0.3) is 0 Å². The molecule has 0 radical (unpaired) electrons. The summed E-state index contributed by atoms with van der Waals surface area (Å²) in [7, 11) is 2.22. The number of hydrogen-bond donors (Lipinski definition) is 1. The van der Waals surface area contributed by atoms with Gasteiger partial charge >= 0.3 is 0 Å². The average molecular weight is 218 g/mol. The highest BCUT2D eigenvalue weighted by molar-refractivity contribution is 5.26. The zero-order valence-electron chi connectivity index (χ0n) is 10.2. The monoisotopic (exact) mass is 218 g/mol. The standard InChI is InChI=1S/C14H22N2/c1-16-10-6-2-5-9-15-11-13-7-3-4-8-14(13)12-16/h3-4,7-8,15H,2,5-6,9-12H2,1H3. The van der Waals surface area contributed by atoms with Crippen molar-refractivity contribution in [3.8, 4) is 0 Å². The van der Waals surface area contributed by atoms with Crippen molar-refractivity contribution in [3.63, 3.8) is 0 Å². The third-order valence-electron chi connectivity index (χ3n) is 3.27. The van der Waals surface area contributed by atoms with E-state index in [1.165, 1.54) is 36.9 Å². The molecule has 2 heteroatoms. The van der Waals surface area contributed by atoms with Crippen LogP contribution in [0.15, 0.2) is 24.3 Å². The Balaban J connectivity index is 2.11. The van der Waals surface area contributed by atoms with Crippen molar-refractivity contribution in [2.45, 2.75) is 32.4 Å². The summed E-state index contributed by atoms with van der Waals surface area (Å²) in [5.41, 5.74) is 2.93. The van der Waals surface area contributed by atoms with Crippen LogP contribution < -0.4 is 5.32 Å². The molecule has 0 unspecified atom stereocenters. The molecule has 2 nitrogen and oxygen atoms in total. The van der Waals surface area contributed by atoms with Gasteiger partial charge in [-0.1, -0.05) is 30.7 Å². The highest BCUT2D eigenvalue weighted by atomic mass is 15.1. The molecule has 0 saturated carbocycles. The Hall–Kier alpha value is -0.860. The molecule has 88 valence electrons. The van der Waals surface area contributed by atoms with Crippen LogP contribution in [0.3, 0.4) is 0 Å². The Morgan fingerprint density at radius 3 is 2.75 bits per heavy atom. The van der Waals surface area contributed by atoms with Gasteiger partial charge in [-0.25, -0.2) is 0 Å². The molecule has 0 fully saturated rings. The topological polar surface area (TPSA) is 15.3 Å². The summed E-state index contributed by atoms with van der Waals surface area (Å²) in [6.07, 6.45) is 3.96. The van der Waals surface area contributed by atoms with E-state index in [9.17, 15) is 0 Å². The maximum atomic E-state index is 3.54. The summed E-state index contributed by atoms with van der Waals surface area (Å²) in [6, 6.07) is 8.78. The van der Waals surface area contributed by atoms with Gasteiger partial charge in [0.05, 0.1) is 0 Å². The first-order valence-corrected chi connectivity index (χ1v) is 6.32. The van der Waals surface area contributed by atoms with Gasteiger partial charge in [-0.2, -0.15) is 0 Å². The minimum absolute atomic E-state index is 1.02. The van der Waals surface area contributed by atoms with Crippen molar-refractivity contribution in [2.75, 3.05) is 20.1 Å². The predicted octanol–water partition coefficient (Wildman–Crippen LogP) is 2.39. The summed E-state index contributed by atoms with van der Waals surface area (Å²) in [6.45, 7) is 4.47. The van der Waals surface area contributed by atoms with Crippen LogP contribution in [0.5, 0.6) is 0 Å². The largest absolute Gasteiger partial charge is 0.313 e. The number of fused-ring (bicyclic) bond motifs is 1. The molecule has 16 heavy (non-hydrogen) atoms. The lowest BCUT2D eigenvalue weighted by Gasteiger charge is -2.18. The summed E-state index contributed by atoms with van der Waals surface area (Å²) in [4.78, 5) is 2.43. The number of hydrogen-bond acceptors (Lipinski definition) is 2. The van der Waals surface area contributed by atoms with Gasteiger partial charge in [0.1, 0.15) is 0 Å². The number of nitrogens with zero attached hydrogens (tertiary/aromatic N) is 1. The highest BCUT2D eigenvalue weighted by Crippen LogP contribution is 2.12. The second kappa shape index (κ2) is 6.02. The van der Waals surface area contributed by atoms with E-state index in [1.807, 2.05) is 0 Å². The van der Waals surface area contributed by atoms with E-state index in [0.29, 0.717) is 0 Å². The van der Waals surface area contributed by atoms with Crippen molar-refractivity contribution in [3.05, 3.63) is 35.4 Å². The fourth-order valence-corrected chi connectivity index (χ4v) is 2.29. The number of benzene rings is 1. The molecule has 0 atom stereocenters. The van der Waals surface area contributed by atoms with Crippen molar-refractivity contribution < 1.29 is 0 Å². The van der Waals surface area contributed by atoms with Gasteiger partial charge in [-0.05, 0) is 44.1 Å². The van der Waals surface area contributed by atoms with Gasteiger partial charge in [0, 0.05) is 13.1 Å². The quantitative estimate of drug-likeness (QED) is 0.719. The van der Waals surface area contributed by atoms with E-state index >= 15 is 0 Å². The van der Waals surface area contributed by atoms with Crippen LogP contribution in [0.1, 0.15) is 30.4 Å². The lowest BCUT2D eigenvalue weighted by molar-refractivity contribution is 0.317. The Kier molecular flexibility index (Phi) is 4.37. The van der Waals surface area contributed by atoms with E-state index in [0.717, 1.165) is 19.6 Å². The van der Waals surface area contributed by atoms with Crippen molar-refractivity contribution in [2.24, 2.45) is 0 Å². The predicted molar refractivity (Wildman–Crippen MR) is 68.3 cm³/mol. The third kappa shape index (κ3) is 3.32. The molecule has 1 aliphatic rings. The maximum Gasteiger partial charge on any atom is 0.0233 e. The van der Waals surface area contributed by atoms with E-state index in [2.05, 4.69) is 41.5 Å². The first kappa shape index (κ1) is 11.6. The molecule has 0 spiro atoms. The van der Waals surface area contributed by atoms with Crippen LogP contribution in [0.2, 0.25) is 0 Å². The summed E-state index contributed by atoms with van der Waals surface area (Å²) >= 11 is 0. The van der Waals surface area contributed by atoms with Crippen molar-refractivity contribution in [1.29, 1.82) is 0 Å². The molecular weight excluding hydrogens is 196 g/mol. The van der Waals surface area contributed by atoms with E-state index < -0.39 is 0 Å². The minimum atomic E-state index is 1.02. The van der Waals surface area contributed by atoms with Gasteiger partial charge in [0.15, 0.2) is 0 Å². The van der Waals surface area contributed by atoms with Crippen LogP contribution in [0, 0.1) is 0 Å². The highest BCUT2D eigenvalue weighted by Gasteiger charge is 2.06. The molecule has 2 rings (SSSR count). The van der Waals surface area contributed by atoms with E-state index in [-0.39, 0.29) is 0 Å². The van der Waals surface area contributed by atoms with Crippen LogP contribution in [0.4, 0.5) is 0 Å². The zero-order chi connectivity index (χ0) is 11.2. The zero-order valence-corrected chi connectivity index (χ0v) is 10.2. The second-order valence-corrected chi connectivity index (χ2v) is 4.74. The molecule has 1 aromatic carbocycles. The lowest BCUT2D eigenvalue weighted by Crippen LogP contribution is -2.20. The minimum Gasteiger partial charge on any atom is -0.313 e.